The summed E-state index contributed by atoms with van der Waals surface area (Å²) in [7, 11) is 3.37. The first-order valence-corrected chi connectivity index (χ1v) is 15.0. The Kier molecular flexibility index (Phi) is 6.99. The van der Waals surface area contributed by atoms with Crippen LogP contribution in [-0.4, -0.2) is 80.4 Å². The number of fused-ring (bicyclic) bond motifs is 3. The number of halogens is 2. The molecule has 0 unspecified atom stereocenters. The van der Waals surface area contributed by atoms with Crippen LogP contribution in [0.2, 0.25) is 0 Å². The zero-order chi connectivity index (χ0) is 31.6. The number of rotatable bonds is 5. The van der Waals surface area contributed by atoms with Crippen molar-refractivity contribution in [1.82, 2.24) is 29.6 Å². The van der Waals surface area contributed by atoms with Gasteiger partial charge in [-0.2, -0.15) is 10.1 Å². The summed E-state index contributed by atoms with van der Waals surface area (Å²) in [6, 6.07) is 7.62. The van der Waals surface area contributed by atoms with E-state index in [0.717, 1.165) is 5.69 Å². The Morgan fingerprint density at radius 2 is 1.91 bits per heavy atom. The average molecular weight is 614 g/mol. The number of anilines is 2. The van der Waals surface area contributed by atoms with Gasteiger partial charge in [0.05, 0.1) is 17.6 Å². The molecule has 1 fully saturated rings. The molecule has 2 aliphatic rings. The van der Waals surface area contributed by atoms with Gasteiger partial charge < -0.3 is 25.5 Å². The molecule has 7 rings (SSSR count). The molecule has 0 aliphatic carbocycles. The highest BCUT2D eigenvalue weighted by atomic mass is 19.1. The molecule has 0 bridgehead atoms. The Balaban J connectivity index is 1.40. The molecule has 0 saturated carbocycles. The van der Waals surface area contributed by atoms with Crippen LogP contribution in [0.15, 0.2) is 36.5 Å². The summed E-state index contributed by atoms with van der Waals surface area (Å²) in [6.07, 6.45) is 2.63. The predicted octanol–water partition coefficient (Wildman–Crippen LogP) is 3.85. The maximum absolute atomic E-state index is 16.8. The number of aromatic nitrogens is 5. The second-order valence-electron chi connectivity index (χ2n) is 11.9. The van der Waals surface area contributed by atoms with Gasteiger partial charge in [0, 0.05) is 58.1 Å². The molecule has 0 radical (unpaired) electrons. The summed E-state index contributed by atoms with van der Waals surface area (Å²) < 4.78 is 33.5. The van der Waals surface area contributed by atoms with E-state index < -0.39 is 11.6 Å². The SMILES string of the molecule is CCc1c(F)ccc2cc(O)cc(-c3ncc4c(N5CCCn6nc(C(=O)N(C)C)cc6C5)nc(N5CC(N)C5)nc4c3F)c12. The summed E-state index contributed by atoms with van der Waals surface area (Å²) in [4.78, 5) is 32.2. The van der Waals surface area contributed by atoms with Crippen LogP contribution >= 0.6 is 0 Å². The number of aromatic hydroxyl groups is 1. The van der Waals surface area contributed by atoms with E-state index in [4.69, 9.17) is 10.7 Å². The third kappa shape index (κ3) is 4.87. The van der Waals surface area contributed by atoms with E-state index in [2.05, 4.69) is 15.1 Å². The monoisotopic (exact) mass is 613 g/mol. The van der Waals surface area contributed by atoms with Gasteiger partial charge in [-0.05, 0) is 53.4 Å². The summed E-state index contributed by atoms with van der Waals surface area (Å²) in [5.74, 6) is -0.522. The lowest BCUT2D eigenvalue weighted by Gasteiger charge is -2.37. The molecule has 2 aromatic carbocycles. The highest BCUT2D eigenvalue weighted by molar-refractivity contribution is 6.02. The fourth-order valence-corrected chi connectivity index (χ4v) is 6.29. The Morgan fingerprint density at radius 1 is 1.11 bits per heavy atom. The molecule has 5 heterocycles. The van der Waals surface area contributed by atoms with E-state index in [-0.39, 0.29) is 34.5 Å². The van der Waals surface area contributed by atoms with Gasteiger partial charge in [-0.15, -0.1) is 0 Å². The first-order valence-electron chi connectivity index (χ1n) is 15.0. The van der Waals surface area contributed by atoms with Crippen LogP contribution in [0.3, 0.4) is 0 Å². The highest BCUT2D eigenvalue weighted by Gasteiger charge is 2.30. The standard InChI is InChI=1S/C32H33F2N9O2/c1-4-21-24(33)7-6-17-10-20(44)12-22(26(17)21)28-27(34)29-23(13-36-28)30(38-32(37-29)42-14-18(35)15-42)41-8-5-9-43-19(16-41)11-25(39-43)31(45)40(2)3/h6-7,10-13,18,44H,4-5,8-9,14-16,35H2,1-3H3. The van der Waals surface area contributed by atoms with Crippen LogP contribution in [0.1, 0.15) is 35.1 Å². The molecule has 11 nitrogen and oxygen atoms in total. The van der Waals surface area contributed by atoms with Crippen molar-refractivity contribution in [2.24, 2.45) is 5.73 Å². The second kappa shape index (κ2) is 10.9. The van der Waals surface area contributed by atoms with Crippen molar-refractivity contribution in [1.29, 1.82) is 0 Å². The topological polar surface area (TPSA) is 130 Å². The maximum atomic E-state index is 16.8. The van der Waals surface area contributed by atoms with Gasteiger partial charge in [0.2, 0.25) is 5.95 Å². The van der Waals surface area contributed by atoms with Crippen molar-refractivity contribution in [2.45, 2.75) is 38.9 Å². The Hall–Kier alpha value is -4.91. The minimum absolute atomic E-state index is 0.0354. The van der Waals surface area contributed by atoms with Crippen LogP contribution in [-0.2, 0) is 19.5 Å². The lowest BCUT2D eigenvalue weighted by Crippen LogP contribution is -2.56. The quantitative estimate of drug-likeness (QED) is 0.304. The van der Waals surface area contributed by atoms with Crippen molar-refractivity contribution in [3.8, 4) is 17.0 Å². The number of phenols is 1. The van der Waals surface area contributed by atoms with Gasteiger partial charge in [0.15, 0.2) is 11.5 Å². The molecule has 0 atom stereocenters. The third-order valence-electron chi connectivity index (χ3n) is 8.55. The first-order chi connectivity index (χ1) is 21.6. The molecular weight excluding hydrogens is 580 g/mol. The number of nitrogens with two attached hydrogens (primary N) is 1. The van der Waals surface area contributed by atoms with E-state index in [0.29, 0.717) is 84.7 Å². The number of hydrogen-bond acceptors (Lipinski definition) is 9. The average Bonchev–Trinajstić information content (AvgIpc) is 3.29. The number of pyridine rings is 1. The normalized spacial score (nSPS) is 15.3. The minimum Gasteiger partial charge on any atom is -0.508 e. The van der Waals surface area contributed by atoms with Crippen molar-refractivity contribution in [3.63, 3.8) is 0 Å². The van der Waals surface area contributed by atoms with Crippen molar-refractivity contribution < 1.29 is 18.7 Å². The van der Waals surface area contributed by atoms with Gasteiger partial charge in [0.25, 0.3) is 5.91 Å². The van der Waals surface area contributed by atoms with Crippen LogP contribution in [0, 0.1) is 11.6 Å². The Morgan fingerprint density at radius 3 is 2.64 bits per heavy atom. The summed E-state index contributed by atoms with van der Waals surface area (Å²) in [6.45, 7) is 4.49. The lowest BCUT2D eigenvalue weighted by molar-refractivity contribution is 0.0821. The predicted molar refractivity (Wildman–Crippen MR) is 167 cm³/mol. The van der Waals surface area contributed by atoms with Gasteiger partial charge in [0.1, 0.15) is 28.6 Å². The van der Waals surface area contributed by atoms with E-state index in [1.807, 2.05) is 21.4 Å². The van der Waals surface area contributed by atoms with E-state index in [9.17, 15) is 14.3 Å². The number of amides is 1. The number of carbonyl (C=O) groups excluding carboxylic acids is 1. The number of hydrogen-bond donors (Lipinski definition) is 2. The van der Waals surface area contributed by atoms with Gasteiger partial charge in [-0.3, -0.25) is 14.5 Å². The molecule has 13 heteroatoms. The first kappa shape index (κ1) is 28.8. The fourth-order valence-electron chi connectivity index (χ4n) is 6.29. The fraction of sp³-hybridized carbons (Fsp3) is 0.344. The van der Waals surface area contributed by atoms with Crippen molar-refractivity contribution >= 4 is 39.3 Å². The highest BCUT2D eigenvalue weighted by Crippen LogP contribution is 2.39. The van der Waals surface area contributed by atoms with Crippen LogP contribution in [0.25, 0.3) is 32.9 Å². The summed E-state index contributed by atoms with van der Waals surface area (Å²) in [5, 5.41) is 16.6. The zero-order valence-corrected chi connectivity index (χ0v) is 25.3. The van der Waals surface area contributed by atoms with Gasteiger partial charge in [-0.1, -0.05) is 13.0 Å². The molecule has 3 N–H and O–H groups in total. The molecular formula is C32H33F2N9O2. The molecule has 3 aromatic heterocycles. The smallest absolute Gasteiger partial charge is 0.273 e. The Labute approximate surface area is 257 Å². The summed E-state index contributed by atoms with van der Waals surface area (Å²) in [5.41, 5.74) is 7.98. The van der Waals surface area contributed by atoms with Crippen LogP contribution in [0.5, 0.6) is 5.75 Å². The van der Waals surface area contributed by atoms with Crippen LogP contribution < -0.4 is 15.5 Å². The molecule has 45 heavy (non-hydrogen) atoms. The molecule has 232 valence electrons. The minimum atomic E-state index is -0.695. The molecule has 5 aromatic rings. The van der Waals surface area contributed by atoms with Crippen molar-refractivity contribution in [3.05, 3.63) is 65.1 Å². The van der Waals surface area contributed by atoms with E-state index in [1.54, 1.807) is 32.4 Å². The lowest BCUT2D eigenvalue weighted by atomic mass is 9.94. The van der Waals surface area contributed by atoms with E-state index in [1.165, 1.54) is 23.1 Å². The molecule has 2 aliphatic heterocycles. The van der Waals surface area contributed by atoms with Crippen molar-refractivity contribution in [2.75, 3.05) is 43.5 Å². The second-order valence-corrected chi connectivity index (χ2v) is 11.9. The summed E-state index contributed by atoms with van der Waals surface area (Å²) >= 11 is 0. The number of carbonyl (C=O) groups is 1. The Bertz CT molecular complexity index is 1990. The zero-order valence-electron chi connectivity index (χ0n) is 25.3. The number of benzene rings is 2. The van der Waals surface area contributed by atoms with Gasteiger partial charge in [-0.25, -0.2) is 13.8 Å². The number of aryl methyl sites for hydroxylation is 2. The molecule has 1 saturated heterocycles. The van der Waals surface area contributed by atoms with Gasteiger partial charge >= 0.3 is 0 Å². The third-order valence-corrected chi connectivity index (χ3v) is 8.55. The van der Waals surface area contributed by atoms with E-state index >= 15 is 4.39 Å². The molecule has 0 spiro atoms. The molecule has 1 amide bonds. The van der Waals surface area contributed by atoms with Crippen LogP contribution in [0.4, 0.5) is 20.5 Å². The number of phenolic OH excluding ortho intramolecular Hbond substituents is 1. The number of nitrogens with zero attached hydrogens (tertiary/aromatic N) is 8. The largest absolute Gasteiger partial charge is 0.508 e. The maximum Gasteiger partial charge on any atom is 0.273 e.